The van der Waals surface area contributed by atoms with Gasteiger partial charge in [0.15, 0.2) is 0 Å². The first-order valence-corrected chi connectivity index (χ1v) is 7.99. The first kappa shape index (κ1) is 17.5. The molecular weight excluding hydrogens is 305 g/mol. The van der Waals surface area contributed by atoms with Gasteiger partial charge in [-0.15, -0.1) is 0 Å². The molecule has 3 aromatic carbocycles. The molecule has 0 aromatic heterocycles. The summed E-state index contributed by atoms with van der Waals surface area (Å²) < 4.78 is 5.44. The second-order valence-electron chi connectivity index (χ2n) is 6.04. The quantitative estimate of drug-likeness (QED) is 0.675. The Kier molecular flexibility index (Phi) is 4.81. The molecule has 120 valence electrons. The molecule has 1 aliphatic rings. The van der Waals surface area contributed by atoms with Gasteiger partial charge in [0.25, 0.3) is 0 Å². The Morgan fingerprint density at radius 2 is 1.60 bits per heavy atom. The Morgan fingerprint density at radius 1 is 0.920 bits per heavy atom. The van der Waals surface area contributed by atoms with Gasteiger partial charge in [0.05, 0.1) is 18.8 Å². The van der Waals surface area contributed by atoms with E-state index in [1.54, 1.807) is 7.11 Å². The number of benzene rings is 3. The van der Waals surface area contributed by atoms with E-state index in [1.807, 2.05) is 48.2 Å². The average molecular weight is 323 g/mol. The van der Waals surface area contributed by atoms with Gasteiger partial charge in [-0.1, -0.05) is 48.5 Å². The SMILES string of the molecule is COc1ccccc1N1C([O-])=C(C)C1c1ccc2ccccc2c1.[Li+]. The van der Waals surface area contributed by atoms with E-state index in [2.05, 4.69) is 30.3 Å². The Balaban J connectivity index is 0.00000182. The number of ether oxygens (including phenoxy) is 1. The van der Waals surface area contributed by atoms with E-state index in [0.717, 1.165) is 16.8 Å². The van der Waals surface area contributed by atoms with Crippen molar-refractivity contribution in [1.82, 2.24) is 0 Å². The van der Waals surface area contributed by atoms with E-state index < -0.39 is 0 Å². The summed E-state index contributed by atoms with van der Waals surface area (Å²) in [6.45, 7) is 1.91. The molecule has 1 unspecified atom stereocenters. The largest absolute Gasteiger partial charge is 1.00 e. The molecule has 0 spiro atoms. The standard InChI is InChI=1S/C21H19NO2.Li/c1-14-20(17-12-11-15-7-3-4-8-16(15)13-17)22(21(14)23)18-9-5-6-10-19(18)24-2;/h3-13,20,23H,1-2H3;/q;+1/p-1. The zero-order valence-corrected chi connectivity index (χ0v) is 14.7. The van der Waals surface area contributed by atoms with Crippen LogP contribution in [0, 0.1) is 0 Å². The number of hydrogen-bond donors (Lipinski definition) is 0. The molecule has 0 saturated heterocycles. The summed E-state index contributed by atoms with van der Waals surface area (Å²) in [5.41, 5.74) is 2.79. The smallest absolute Gasteiger partial charge is 0.860 e. The fourth-order valence-corrected chi connectivity index (χ4v) is 3.41. The van der Waals surface area contributed by atoms with E-state index in [-0.39, 0.29) is 30.8 Å². The first-order chi connectivity index (χ1) is 11.7. The fraction of sp³-hybridized carbons (Fsp3) is 0.143. The Morgan fingerprint density at radius 3 is 2.36 bits per heavy atom. The minimum absolute atomic E-state index is 0. The molecule has 4 heteroatoms. The Hall–Kier alpha value is -2.34. The average Bonchev–Trinajstić information content (AvgIpc) is 2.64. The van der Waals surface area contributed by atoms with Crippen LogP contribution in [0.25, 0.3) is 10.8 Å². The van der Waals surface area contributed by atoms with Crippen LogP contribution in [0.15, 0.2) is 78.2 Å². The van der Waals surface area contributed by atoms with Gasteiger partial charge in [0.1, 0.15) is 5.75 Å². The van der Waals surface area contributed by atoms with Crippen LogP contribution in [-0.2, 0) is 0 Å². The summed E-state index contributed by atoms with van der Waals surface area (Å²) in [6.07, 6.45) is 0. The van der Waals surface area contributed by atoms with E-state index in [0.29, 0.717) is 5.75 Å². The van der Waals surface area contributed by atoms with Gasteiger partial charge in [0.2, 0.25) is 0 Å². The van der Waals surface area contributed by atoms with Crippen molar-refractivity contribution in [2.45, 2.75) is 13.0 Å². The van der Waals surface area contributed by atoms with Crippen molar-refractivity contribution in [3.05, 3.63) is 83.7 Å². The van der Waals surface area contributed by atoms with Crippen LogP contribution in [0.1, 0.15) is 18.5 Å². The molecule has 0 bridgehead atoms. The van der Waals surface area contributed by atoms with E-state index in [1.165, 1.54) is 10.8 Å². The van der Waals surface area contributed by atoms with Crippen molar-refractivity contribution < 1.29 is 28.7 Å². The number of fused-ring (bicyclic) bond motifs is 1. The van der Waals surface area contributed by atoms with Gasteiger partial charge in [0, 0.05) is 0 Å². The second kappa shape index (κ2) is 6.88. The molecule has 25 heavy (non-hydrogen) atoms. The minimum Gasteiger partial charge on any atom is -0.860 e. The molecule has 1 aliphatic heterocycles. The monoisotopic (exact) mass is 323 g/mol. The van der Waals surface area contributed by atoms with E-state index >= 15 is 0 Å². The predicted octanol–water partition coefficient (Wildman–Crippen LogP) is 1.01. The third kappa shape index (κ3) is 2.80. The number of nitrogens with zero attached hydrogens (tertiary/aromatic N) is 1. The number of methoxy groups -OCH3 is 1. The van der Waals surface area contributed by atoms with Gasteiger partial charge in [-0.05, 0) is 52.9 Å². The molecule has 0 amide bonds. The number of hydrogen-bond acceptors (Lipinski definition) is 3. The molecule has 0 N–H and O–H groups in total. The van der Waals surface area contributed by atoms with Gasteiger partial charge >= 0.3 is 18.9 Å². The molecule has 0 radical (unpaired) electrons. The first-order valence-electron chi connectivity index (χ1n) is 7.99. The van der Waals surface area contributed by atoms with Crippen molar-refractivity contribution >= 4 is 16.5 Å². The molecule has 1 atom stereocenters. The zero-order valence-electron chi connectivity index (χ0n) is 14.7. The van der Waals surface area contributed by atoms with Crippen molar-refractivity contribution in [3.8, 4) is 5.75 Å². The maximum absolute atomic E-state index is 12.5. The maximum Gasteiger partial charge on any atom is 1.00 e. The Labute approximate surface area is 159 Å². The van der Waals surface area contributed by atoms with Crippen LogP contribution < -0.4 is 33.6 Å². The number of anilines is 1. The summed E-state index contributed by atoms with van der Waals surface area (Å²) in [5, 5.41) is 14.9. The molecule has 3 nitrogen and oxygen atoms in total. The van der Waals surface area contributed by atoms with Gasteiger partial charge in [-0.25, -0.2) is 0 Å². The summed E-state index contributed by atoms with van der Waals surface area (Å²) >= 11 is 0. The number of para-hydroxylation sites is 2. The third-order valence-electron chi connectivity index (χ3n) is 4.66. The minimum atomic E-state index is -0.0431. The molecule has 4 rings (SSSR count). The summed E-state index contributed by atoms with van der Waals surface area (Å²) in [4.78, 5) is 1.82. The predicted molar refractivity (Wildman–Crippen MR) is 94.9 cm³/mol. The molecular formula is C21H18LiNO2. The fourth-order valence-electron chi connectivity index (χ4n) is 3.41. The second-order valence-corrected chi connectivity index (χ2v) is 6.04. The van der Waals surface area contributed by atoms with Crippen LogP contribution in [0.4, 0.5) is 5.69 Å². The van der Waals surface area contributed by atoms with Crippen LogP contribution in [0.3, 0.4) is 0 Å². The molecule has 1 heterocycles. The molecule has 3 aromatic rings. The van der Waals surface area contributed by atoms with Crippen molar-refractivity contribution in [1.29, 1.82) is 0 Å². The summed E-state index contributed by atoms with van der Waals surface area (Å²) in [6, 6.07) is 22.3. The normalized spacial score (nSPS) is 16.4. The summed E-state index contributed by atoms with van der Waals surface area (Å²) in [5.74, 6) is 0.766. The summed E-state index contributed by atoms with van der Waals surface area (Å²) in [7, 11) is 1.63. The third-order valence-corrected chi connectivity index (χ3v) is 4.66. The zero-order chi connectivity index (χ0) is 16.7. The van der Waals surface area contributed by atoms with Gasteiger partial charge in [-0.2, -0.15) is 0 Å². The van der Waals surface area contributed by atoms with E-state index in [4.69, 9.17) is 4.74 Å². The maximum atomic E-state index is 12.5. The van der Waals surface area contributed by atoms with Gasteiger partial charge in [-0.3, -0.25) is 0 Å². The van der Waals surface area contributed by atoms with Crippen LogP contribution >= 0.6 is 0 Å². The number of rotatable bonds is 3. The molecule has 0 saturated carbocycles. The van der Waals surface area contributed by atoms with Crippen molar-refractivity contribution in [2.24, 2.45) is 0 Å². The van der Waals surface area contributed by atoms with Gasteiger partial charge < -0.3 is 14.7 Å². The van der Waals surface area contributed by atoms with Crippen molar-refractivity contribution in [3.63, 3.8) is 0 Å². The van der Waals surface area contributed by atoms with Crippen LogP contribution in [-0.4, -0.2) is 7.11 Å². The molecule has 0 aliphatic carbocycles. The van der Waals surface area contributed by atoms with Crippen LogP contribution in [0.5, 0.6) is 5.75 Å². The topological polar surface area (TPSA) is 35.5 Å². The van der Waals surface area contributed by atoms with Crippen molar-refractivity contribution in [2.75, 3.05) is 12.0 Å². The van der Waals surface area contributed by atoms with E-state index in [9.17, 15) is 5.11 Å². The Bertz CT molecular complexity index is 951. The van der Waals surface area contributed by atoms with Crippen LogP contribution in [0.2, 0.25) is 0 Å². The molecule has 0 fully saturated rings.